The van der Waals surface area contributed by atoms with Crippen molar-refractivity contribution in [3.8, 4) is 0 Å². The van der Waals surface area contributed by atoms with Gasteiger partial charge in [-0.1, -0.05) is 24.3 Å². The summed E-state index contributed by atoms with van der Waals surface area (Å²) in [5.74, 6) is -0.0930. The number of carbonyl (C=O) groups excluding carboxylic acids is 1. The number of benzene rings is 2. The maximum Gasteiger partial charge on any atom is 0.292 e. The number of rotatable bonds is 3. The number of nitrogen functional groups attached to an aromatic ring is 1. The summed E-state index contributed by atoms with van der Waals surface area (Å²) in [6, 6.07) is 13.2. The molecule has 3 N–H and O–H groups in total. The molecule has 114 valence electrons. The lowest BCUT2D eigenvalue weighted by molar-refractivity contribution is -0.383. The van der Waals surface area contributed by atoms with Gasteiger partial charge in [0, 0.05) is 23.2 Å². The van der Waals surface area contributed by atoms with Crippen LogP contribution < -0.4 is 11.1 Å². The van der Waals surface area contributed by atoms with Crippen LogP contribution in [0, 0.1) is 10.1 Å². The number of amides is 1. The smallest absolute Gasteiger partial charge is 0.292 e. The quantitative estimate of drug-likeness (QED) is 0.439. The number of carbonyl (C=O) groups is 1. The van der Waals surface area contributed by atoms with Gasteiger partial charge in [-0.05, 0) is 23.6 Å². The Morgan fingerprint density at radius 1 is 1.17 bits per heavy atom. The second kappa shape index (κ2) is 5.72. The first-order chi connectivity index (χ1) is 11.1. The fourth-order valence-electron chi connectivity index (χ4n) is 2.24. The van der Waals surface area contributed by atoms with Gasteiger partial charge in [0.05, 0.1) is 4.92 Å². The SMILES string of the molecule is Nc1ccc(C(=O)Nc2nccc3ccccc23)cc1[N+](=O)[O-]. The van der Waals surface area contributed by atoms with Crippen molar-refractivity contribution in [2.24, 2.45) is 0 Å². The van der Waals surface area contributed by atoms with Crippen molar-refractivity contribution in [2.45, 2.75) is 0 Å². The zero-order chi connectivity index (χ0) is 16.4. The van der Waals surface area contributed by atoms with Gasteiger partial charge in [0.2, 0.25) is 0 Å². The molecule has 0 bridgehead atoms. The number of nitrogens with two attached hydrogens (primary N) is 1. The number of hydrogen-bond donors (Lipinski definition) is 2. The molecular formula is C16H12N4O3. The molecule has 23 heavy (non-hydrogen) atoms. The van der Waals surface area contributed by atoms with Gasteiger partial charge >= 0.3 is 0 Å². The van der Waals surface area contributed by atoms with Crippen LogP contribution in [0.15, 0.2) is 54.7 Å². The first kappa shape index (κ1) is 14.5. The van der Waals surface area contributed by atoms with Crippen molar-refractivity contribution in [3.05, 3.63) is 70.4 Å². The van der Waals surface area contributed by atoms with Crippen LogP contribution in [-0.2, 0) is 0 Å². The van der Waals surface area contributed by atoms with E-state index in [-0.39, 0.29) is 16.9 Å². The van der Waals surface area contributed by atoms with E-state index in [2.05, 4.69) is 10.3 Å². The summed E-state index contributed by atoms with van der Waals surface area (Å²) >= 11 is 0. The fourth-order valence-corrected chi connectivity index (χ4v) is 2.24. The molecule has 0 fully saturated rings. The molecule has 3 aromatic rings. The summed E-state index contributed by atoms with van der Waals surface area (Å²) in [5, 5.41) is 15.3. The molecular weight excluding hydrogens is 296 g/mol. The maximum atomic E-state index is 12.3. The molecule has 0 saturated heterocycles. The van der Waals surface area contributed by atoms with E-state index < -0.39 is 10.8 Å². The molecule has 0 atom stereocenters. The highest BCUT2D eigenvalue weighted by atomic mass is 16.6. The molecule has 1 amide bonds. The number of pyridine rings is 1. The van der Waals surface area contributed by atoms with E-state index in [9.17, 15) is 14.9 Å². The van der Waals surface area contributed by atoms with Gasteiger partial charge in [0.25, 0.3) is 11.6 Å². The Labute approximate surface area is 130 Å². The van der Waals surface area contributed by atoms with Crippen LogP contribution in [0.5, 0.6) is 0 Å². The van der Waals surface area contributed by atoms with Crippen molar-refractivity contribution in [3.63, 3.8) is 0 Å². The first-order valence-corrected chi connectivity index (χ1v) is 6.75. The number of nitrogens with one attached hydrogen (secondary N) is 1. The van der Waals surface area contributed by atoms with E-state index in [4.69, 9.17) is 5.73 Å². The fraction of sp³-hybridized carbons (Fsp3) is 0. The number of aromatic nitrogens is 1. The summed E-state index contributed by atoms with van der Waals surface area (Å²) in [7, 11) is 0. The number of fused-ring (bicyclic) bond motifs is 1. The van der Waals surface area contributed by atoms with E-state index in [1.807, 2.05) is 30.3 Å². The molecule has 0 aliphatic rings. The van der Waals surface area contributed by atoms with Crippen LogP contribution in [0.25, 0.3) is 10.8 Å². The normalized spacial score (nSPS) is 10.4. The molecule has 7 heteroatoms. The van der Waals surface area contributed by atoms with Gasteiger partial charge in [-0.15, -0.1) is 0 Å². The summed E-state index contributed by atoms with van der Waals surface area (Å²) in [4.78, 5) is 26.8. The minimum absolute atomic E-state index is 0.00911. The van der Waals surface area contributed by atoms with Gasteiger partial charge in [-0.2, -0.15) is 0 Å². The summed E-state index contributed by atoms with van der Waals surface area (Å²) < 4.78 is 0. The molecule has 0 spiro atoms. The minimum atomic E-state index is -0.623. The van der Waals surface area contributed by atoms with Crippen molar-refractivity contribution in [1.29, 1.82) is 0 Å². The molecule has 0 aliphatic carbocycles. The molecule has 3 rings (SSSR count). The van der Waals surface area contributed by atoms with Crippen LogP contribution in [0.2, 0.25) is 0 Å². The Bertz CT molecular complexity index is 919. The Morgan fingerprint density at radius 3 is 2.74 bits per heavy atom. The maximum absolute atomic E-state index is 12.3. The second-order valence-electron chi connectivity index (χ2n) is 4.87. The standard InChI is InChI=1S/C16H12N4O3/c17-13-6-5-11(9-14(13)20(22)23)16(21)19-15-12-4-2-1-3-10(12)7-8-18-15/h1-9H,17H2,(H,18,19,21). The van der Waals surface area contributed by atoms with Gasteiger partial charge in [0.15, 0.2) is 0 Å². The molecule has 1 aromatic heterocycles. The predicted octanol–water partition coefficient (Wildman–Crippen LogP) is 2.98. The largest absolute Gasteiger partial charge is 0.393 e. The number of nitro benzene ring substituents is 1. The molecule has 7 nitrogen and oxygen atoms in total. The summed E-state index contributed by atoms with van der Waals surface area (Å²) in [5.41, 5.74) is 5.38. The molecule has 0 radical (unpaired) electrons. The zero-order valence-corrected chi connectivity index (χ0v) is 11.9. The highest BCUT2D eigenvalue weighted by Gasteiger charge is 2.16. The average molecular weight is 308 g/mol. The van der Waals surface area contributed by atoms with Crippen molar-refractivity contribution < 1.29 is 9.72 Å². The van der Waals surface area contributed by atoms with Gasteiger partial charge in [-0.3, -0.25) is 14.9 Å². The van der Waals surface area contributed by atoms with Crippen LogP contribution in [-0.4, -0.2) is 15.8 Å². The third-order valence-electron chi connectivity index (χ3n) is 3.39. The van der Waals surface area contributed by atoms with Crippen LogP contribution in [0.1, 0.15) is 10.4 Å². The Hall–Kier alpha value is -3.48. The lowest BCUT2D eigenvalue weighted by Crippen LogP contribution is -2.13. The number of hydrogen-bond acceptors (Lipinski definition) is 5. The number of anilines is 2. The van der Waals surface area contributed by atoms with E-state index in [1.54, 1.807) is 6.20 Å². The lowest BCUT2D eigenvalue weighted by Gasteiger charge is -2.08. The van der Waals surface area contributed by atoms with E-state index in [0.29, 0.717) is 5.82 Å². The van der Waals surface area contributed by atoms with E-state index in [1.165, 1.54) is 12.1 Å². The van der Waals surface area contributed by atoms with Crippen molar-refractivity contribution in [2.75, 3.05) is 11.1 Å². The summed E-state index contributed by atoms with van der Waals surface area (Å²) in [6.07, 6.45) is 1.59. The predicted molar refractivity (Wildman–Crippen MR) is 87.2 cm³/mol. The van der Waals surface area contributed by atoms with Crippen LogP contribution in [0.4, 0.5) is 17.2 Å². The van der Waals surface area contributed by atoms with Crippen LogP contribution >= 0.6 is 0 Å². The van der Waals surface area contributed by atoms with Crippen molar-refractivity contribution in [1.82, 2.24) is 4.98 Å². The molecule has 0 unspecified atom stereocenters. The van der Waals surface area contributed by atoms with E-state index in [0.717, 1.165) is 16.8 Å². The third kappa shape index (κ3) is 2.80. The Kier molecular flexibility index (Phi) is 3.60. The number of nitro groups is 1. The minimum Gasteiger partial charge on any atom is -0.393 e. The third-order valence-corrected chi connectivity index (χ3v) is 3.39. The lowest BCUT2D eigenvalue weighted by atomic mass is 10.1. The highest BCUT2D eigenvalue weighted by Crippen LogP contribution is 2.24. The molecule has 1 heterocycles. The monoisotopic (exact) mass is 308 g/mol. The van der Waals surface area contributed by atoms with Crippen molar-refractivity contribution >= 4 is 33.9 Å². The summed E-state index contributed by atoms with van der Waals surface area (Å²) in [6.45, 7) is 0. The van der Waals surface area contributed by atoms with Crippen LogP contribution in [0.3, 0.4) is 0 Å². The zero-order valence-electron chi connectivity index (χ0n) is 11.9. The van der Waals surface area contributed by atoms with Gasteiger partial charge in [-0.25, -0.2) is 4.98 Å². The Morgan fingerprint density at radius 2 is 1.96 bits per heavy atom. The first-order valence-electron chi connectivity index (χ1n) is 6.75. The van der Waals surface area contributed by atoms with E-state index >= 15 is 0 Å². The molecule has 0 saturated carbocycles. The van der Waals surface area contributed by atoms with Gasteiger partial charge < -0.3 is 11.1 Å². The topological polar surface area (TPSA) is 111 Å². The highest BCUT2D eigenvalue weighted by molar-refractivity contribution is 6.08. The molecule has 2 aromatic carbocycles. The number of nitrogens with zero attached hydrogens (tertiary/aromatic N) is 2. The van der Waals surface area contributed by atoms with Gasteiger partial charge in [0.1, 0.15) is 11.5 Å². The second-order valence-corrected chi connectivity index (χ2v) is 4.87. The molecule has 0 aliphatic heterocycles. The Balaban J connectivity index is 1.95. The average Bonchev–Trinajstić information content (AvgIpc) is 2.55.